The summed E-state index contributed by atoms with van der Waals surface area (Å²) in [7, 11) is -14.4. The number of anilines is 1. The Morgan fingerprint density at radius 3 is 2.02 bits per heavy atom. The molecule has 1 unspecified atom stereocenters. The van der Waals surface area contributed by atoms with Crippen molar-refractivity contribution in [3.8, 4) is 11.5 Å². The Morgan fingerprint density at radius 1 is 0.927 bits per heavy atom. The number of nitrogens with zero attached hydrogens (tertiary/aromatic N) is 2. The second kappa shape index (κ2) is 16.2. The third kappa shape index (κ3) is 11.3. The molecule has 0 heterocycles. The predicted octanol–water partition coefficient (Wildman–Crippen LogP) is -8.12. The smallest absolute Gasteiger partial charge is 0.744 e. The van der Waals surface area contributed by atoms with E-state index in [1.807, 2.05) is 0 Å². The fraction of sp³-hybridized carbons (Fsp3) is 0.111. The van der Waals surface area contributed by atoms with Crippen molar-refractivity contribution in [3.05, 3.63) is 42.5 Å². The van der Waals surface area contributed by atoms with Crippen LogP contribution in [-0.2, 0) is 45.9 Å². The first-order valence-electron chi connectivity index (χ1n) is 9.65. The van der Waals surface area contributed by atoms with Crippen molar-refractivity contribution >= 4 is 69.6 Å². The standard InChI is InChI=1S/C18H17N3O13S4.3Na/c19-17-16-10(7-12(9-14(16)22)34-35(23)24)8-15(37(27,28)29)18(17)21-20-11-1-3-13(4-2-11)36(25,26)6-5-33-38(30,31)32;;;/h1-4,7-9,22H,5-6,19H2,(H,23,24)(H,27,28,29)(H,30,31,32);;;/q;3*+1/p-3. The summed E-state index contributed by atoms with van der Waals surface area (Å²) in [6, 6.07) is 7.03. The van der Waals surface area contributed by atoms with Crippen molar-refractivity contribution < 1.29 is 145 Å². The van der Waals surface area contributed by atoms with Gasteiger partial charge in [0.1, 0.15) is 38.7 Å². The van der Waals surface area contributed by atoms with E-state index in [1.54, 1.807) is 0 Å². The van der Waals surface area contributed by atoms with E-state index in [1.165, 1.54) is 0 Å². The van der Waals surface area contributed by atoms with E-state index in [9.17, 15) is 48.2 Å². The molecule has 3 N–H and O–H groups in total. The van der Waals surface area contributed by atoms with Gasteiger partial charge in [0, 0.05) is 11.5 Å². The third-order valence-corrected chi connectivity index (χ3v) is 7.97. The van der Waals surface area contributed by atoms with Gasteiger partial charge in [-0.2, -0.15) is 5.11 Å². The zero-order chi connectivity index (χ0) is 28.5. The molecule has 0 fully saturated rings. The molecule has 41 heavy (non-hydrogen) atoms. The van der Waals surface area contributed by atoms with E-state index in [0.29, 0.717) is 0 Å². The monoisotopic (exact) mass is 677 g/mol. The van der Waals surface area contributed by atoms with Crippen molar-refractivity contribution in [2.45, 2.75) is 9.79 Å². The summed E-state index contributed by atoms with van der Waals surface area (Å²) in [4.78, 5) is -1.25. The third-order valence-electron chi connectivity index (χ3n) is 4.64. The second-order valence-electron chi connectivity index (χ2n) is 7.16. The Morgan fingerprint density at radius 2 is 1.51 bits per heavy atom. The van der Waals surface area contributed by atoms with Gasteiger partial charge in [0.15, 0.2) is 9.84 Å². The van der Waals surface area contributed by atoms with Crippen LogP contribution in [0.15, 0.2) is 62.5 Å². The minimum absolute atomic E-state index is 0. The molecule has 1 atom stereocenters. The molecular formula is C18H14N3Na3O13S4. The molecule has 0 radical (unpaired) electrons. The van der Waals surface area contributed by atoms with Gasteiger partial charge >= 0.3 is 88.7 Å². The predicted molar refractivity (Wildman–Crippen MR) is 126 cm³/mol. The van der Waals surface area contributed by atoms with Crippen LogP contribution in [0.2, 0.25) is 0 Å². The van der Waals surface area contributed by atoms with Gasteiger partial charge in [-0.1, -0.05) is 0 Å². The number of sulfone groups is 1. The summed E-state index contributed by atoms with van der Waals surface area (Å²) in [6.45, 7) is -0.904. The molecule has 0 saturated heterocycles. The minimum Gasteiger partial charge on any atom is -0.744 e. The first kappa shape index (κ1) is 40.8. The summed E-state index contributed by atoms with van der Waals surface area (Å²) in [5.41, 5.74) is 4.76. The molecule has 3 aromatic carbocycles. The molecule has 0 amide bonds. The van der Waals surface area contributed by atoms with E-state index >= 15 is 0 Å². The quantitative estimate of drug-likeness (QED) is 0.0504. The molecule has 23 heteroatoms. The minimum atomic E-state index is -5.23. The number of nitrogens with two attached hydrogens (primary N) is 1. The topological polar surface area (TPSA) is 278 Å². The Kier molecular flexibility index (Phi) is 16.1. The van der Waals surface area contributed by atoms with Gasteiger partial charge in [0.2, 0.25) is 10.4 Å². The van der Waals surface area contributed by atoms with Gasteiger partial charge in [0.05, 0.1) is 33.5 Å². The number of hydrogen-bond acceptors (Lipinski definition) is 16. The maximum absolute atomic E-state index is 12.2. The average Bonchev–Trinajstić information content (AvgIpc) is 2.76. The molecule has 0 aliphatic rings. The number of benzene rings is 3. The zero-order valence-electron chi connectivity index (χ0n) is 21.4. The van der Waals surface area contributed by atoms with E-state index in [-0.39, 0.29) is 110 Å². The summed E-state index contributed by atoms with van der Waals surface area (Å²) >= 11 is -3.02. The van der Waals surface area contributed by atoms with Crippen LogP contribution in [0.3, 0.4) is 0 Å². The Labute approximate surface area is 303 Å². The van der Waals surface area contributed by atoms with Gasteiger partial charge in [0.25, 0.3) is 0 Å². The molecule has 0 aliphatic carbocycles. The fourth-order valence-electron chi connectivity index (χ4n) is 3.10. The van der Waals surface area contributed by atoms with Crippen LogP contribution in [0, 0.1) is 0 Å². The second-order valence-corrected chi connectivity index (χ2v) is 12.2. The molecule has 16 nitrogen and oxygen atoms in total. The summed E-state index contributed by atoms with van der Waals surface area (Å²) < 4.78 is 121. The fourth-order valence-corrected chi connectivity index (χ4v) is 5.50. The number of phenols is 1. The maximum Gasteiger partial charge on any atom is 1.00 e. The van der Waals surface area contributed by atoms with Gasteiger partial charge in [-0.05, 0) is 41.8 Å². The van der Waals surface area contributed by atoms with Crippen LogP contribution >= 0.6 is 0 Å². The summed E-state index contributed by atoms with van der Waals surface area (Å²) in [5, 5.41) is 17.3. The van der Waals surface area contributed by atoms with Crippen molar-refractivity contribution in [2.75, 3.05) is 18.1 Å². The number of hydrogen-bond donors (Lipinski definition) is 2. The van der Waals surface area contributed by atoms with Gasteiger partial charge < -0.3 is 28.7 Å². The van der Waals surface area contributed by atoms with Crippen molar-refractivity contribution in [1.29, 1.82) is 0 Å². The van der Waals surface area contributed by atoms with Crippen LogP contribution in [0.4, 0.5) is 17.1 Å². The van der Waals surface area contributed by atoms with Gasteiger partial charge in [-0.3, -0.25) is 4.18 Å². The molecular weight excluding hydrogens is 663 g/mol. The number of rotatable bonds is 10. The van der Waals surface area contributed by atoms with Crippen LogP contribution in [-0.4, -0.2) is 60.6 Å². The Bertz CT molecular complexity index is 1790. The average molecular weight is 678 g/mol. The normalized spacial score (nSPS) is 12.7. The maximum atomic E-state index is 12.2. The molecule has 206 valence electrons. The van der Waals surface area contributed by atoms with E-state index in [0.717, 1.165) is 42.5 Å². The largest absolute Gasteiger partial charge is 1.00 e. The molecule has 0 spiro atoms. The van der Waals surface area contributed by atoms with Crippen molar-refractivity contribution in [1.82, 2.24) is 0 Å². The van der Waals surface area contributed by atoms with Crippen LogP contribution in [0.25, 0.3) is 10.8 Å². The van der Waals surface area contributed by atoms with Crippen LogP contribution < -0.4 is 98.6 Å². The van der Waals surface area contributed by atoms with Gasteiger partial charge in [-0.25, -0.2) is 29.5 Å². The molecule has 3 aromatic rings. The molecule has 0 saturated carbocycles. The number of aromatic hydroxyl groups is 1. The number of phenolic OH excluding ortho intramolecular Hbond substituents is 1. The van der Waals surface area contributed by atoms with E-state index in [4.69, 9.17) is 5.73 Å². The Balaban J connectivity index is 0.00000533. The number of fused-ring (bicyclic) bond motifs is 1. The van der Waals surface area contributed by atoms with Crippen LogP contribution in [0.5, 0.6) is 11.5 Å². The first-order valence-corrected chi connectivity index (χ1v) is 15.0. The summed E-state index contributed by atoms with van der Waals surface area (Å²) in [5.74, 6) is -1.85. The zero-order valence-corrected chi connectivity index (χ0v) is 30.7. The number of nitrogen functional groups attached to an aromatic ring is 1. The van der Waals surface area contributed by atoms with Gasteiger partial charge in [-0.15, -0.1) is 5.11 Å². The Hall–Kier alpha value is -0.240. The van der Waals surface area contributed by atoms with Crippen molar-refractivity contribution in [2.24, 2.45) is 10.2 Å². The van der Waals surface area contributed by atoms with E-state index in [2.05, 4.69) is 18.6 Å². The van der Waals surface area contributed by atoms with E-state index < -0.39 is 81.8 Å². The molecule has 3 rings (SSSR count). The molecule has 0 aromatic heterocycles. The first-order chi connectivity index (χ1) is 17.5. The number of azo groups is 1. The van der Waals surface area contributed by atoms with Crippen molar-refractivity contribution in [3.63, 3.8) is 0 Å². The SMILES string of the molecule is Nc1c(N=Nc2ccc(S(=O)(=O)CCOS(=O)(=O)[O-])cc2)c(S(=O)(=O)[O-])cc2cc(OS(=O)[O-])cc(O)c12.[Na+].[Na+].[Na+]. The molecule has 0 aliphatic heterocycles. The van der Waals surface area contributed by atoms with Crippen LogP contribution in [0.1, 0.15) is 0 Å². The molecule has 0 bridgehead atoms. The summed E-state index contributed by atoms with van der Waals surface area (Å²) in [6.07, 6.45) is 0.